The van der Waals surface area contributed by atoms with Crippen molar-refractivity contribution in [2.75, 3.05) is 20.7 Å². The molecular weight excluding hydrogens is 214 g/mol. The van der Waals surface area contributed by atoms with Gasteiger partial charge in [0.2, 0.25) is 0 Å². The van der Waals surface area contributed by atoms with E-state index in [4.69, 9.17) is 4.74 Å². The van der Waals surface area contributed by atoms with Gasteiger partial charge in [0.05, 0.1) is 6.10 Å². The van der Waals surface area contributed by atoms with Gasteiger partial charge in [-0.2, -0.15) is 0 Å². The number of ether oxygens (including phenoxy) is 1. The van der Waals surface area contributed by atoms with Gasteiger partial charge in [-0.25, -0.2) is 0 Å². The average molecular weight is 243 g/mol. The summed E-state index contributed by atoms with van der Waals surface area (Å²) in [6.45, 7) is 11.6. The van der Waals surface area contributed by atoms with Crippen LogP contribution in [0.2, 0.25) is 0 Å². The molecule has 0 saturated carbocycles. The zero-order valence-electron chi connectivity index (χ0n) is 12.4. The molecule has 0 aliphatic rings. The first-order chi connectivity index (χ1) is 7.85. The molecule has 0 aliphatic heterocycles. The second kappa shape index (κ2) is 7.54. The number of guanidine groups is 1. The Bertz CT molecular complexity index is 233. The summed E-state index contributed by atoms with van der Waals surface area (Å²) in [5.74, 6) is 0.839. The molecule has 0 radical (unpaired) electrons. The molecule has 0 bridgehead atoms. The van der Waals surface area contributed by atoms with Crippen LogP contribution in [0.1, 0.15) is 41.0 Å². The summed E-state index contributed by atoms with van der Waals surface area (Å²) in [6.07, 6.45) is 1.24. The lowest BCUT2D eigenvalue weighted by Gasteiger charge is -2.30. The quantitative estimate of drug-likeness (QED) is 0.573. The first kappa shape index (κ1) is 16.2. The van der Waals surface area contributed by atoms with Crippen molar-refractivity contribution in [3.8, 4) is 0 Å². The van der Waals surface area contributed by atoms with Crippen LogP contribution < -0.4 is 10.6 Å². The normalized spacial score (nSPS) is 16.5. The lowest BCUT2D eigenvalue weighted by molar-refractivity contribution is 0.0205. The van der Waals surface area contributed by atoms with Crippen molar-refractivity contribution in [2.24, 2.45) is 10.4 Å². The molecule has 0 aromatic carbocycles. The molecular formula is C13H29N3O. The van der Waals surface area contributed by atoms with Crippen LogP contribution in [0.25, 0.3) is 0 Å². The summed E-state index contributed by atoms with van der Waals surface area (Å²) >= 11 is 0. The Labute approximate surface area is 106 Å². The molecule has 17 heavy (non-hydrogen) atoms. The Morgan fingerprint density at radius 3 is 2.29 bits per heavy atom. The lowest BCUT2D eigenvalue weighted by atomic mass is 9.89. The van der Waals surface area contributed by atoms with Gasteiger partial charge < -0.3 is 15.4 Å². The molecule has 0 spiro atoms. The number of hydrogen-bond acceptors (Lipinski definition) is 2. The van der Waals surface area contributed by atoms with E-state index in [-0.39, 0.29) is 11.5 Å². The van der Waals surface area contributed by atoms with Crippen molar-refractivity contribution in [1.29, 1.82) is 0 Å². The van der Waals surface area contributed by atoms with Gasteiger partial charge in [0.15, 0.2) is 5.96 Å². The molecule has 2 atom stereocenters. The summed E-state index contributed by atoms with van der Waals surface area (Å²) in [5, 5.41) is 6.64. The highest BCUT2D eigenvalue weighted by Gasteiger charge is 2.24. The van der Waals surface area contributed by atoms with E-state index in [1.165, 1.54) is 0 Å². The van der Waals surface area contributed by atoms with E-state index in [1.807, 2.05) is 0 Å². The fourth-order valence-corrected chi connectivity index (χ4v) is 1.46. The van der Waals surface area contributed by atoms with E-state index in [1.54, 1.807) is 14.2 Å². The highest BCUT2D eigenvalue weighted by molar-refractivity contribution is 5.79. The Balaban J connectivity index is 4.23. The minimum absolute atomic E-state index is 0.122. The summed E-state index contributed by atoms with van der Waals surface area (Å²) in [4.78, 5) is 4.20. The van der Waals surface area contributed by atoms with Crippen molar-refractivity contribution in [3.05, 3.63) is 0 Å². The Kier molecular flexibility index (Phi) is 7.19. The van der Waals surface area contributed by atoms with Crippen LogP contribution in [0.3, 0.4) is 0 Å². The molecule has 2 unspecified atom stereocenters. The van der Waals surface area contributed by atoms with Gasteiger partial charge in [0, 0.05) is 26.7 Å². The Morgan fingerprint density at radius 2 is 1.94 bits per heavy atom. The zero-order chi connectivity index (χ0) is 13.5. The van der Waals surface area contributed by atoms with E-state index in [0.29, 0.717) is 6.04 Å². The number of rotatable bonds is 5. The highest BCUT2D eigenvalue weighted by Crippen LogP contribution is 2.20. The van der Waals surface area contributed by atoms with Crippen molar-refractivity contribution in [3.63, 3.8) is 0 Å². The topological polar surface area (TPSA) is 45.7 Å². The molecule has 4 heteroatoms. The molecule has 0 aliphatic carbocycles. The fraction of sp³-hybridized carbons (Fsp3) is 0.923. The molecule has 2 N–H and O–H groups in total. The third-order valence-corrected chi connectivity index (χ3v) is 2.92. The SMILES string of the molecule is CCC(C)NC(=NC)NCC(OC)C(C)(C)C. The van der Waals surface area contributed by atoms with Crippen LogP contribution in [0.4, 0.5) is 0 Å². The Hall–Kier alpha value is -0.770. The lowest BCUT2D eigenvalue weighted by Crippen LogP contribution is -2.47. The standard InChI is InChI=1S/C13H29N3O/c1-8-10(2)16-12(14-6)15-9-11(17-7)13(3,4)5/h10-11H,8-9H2,1-7H3,(H2,14,15,16). The van der Waals surface area contributed by atoms with Gasteiger partial charge in [-0.15, -0.1) is 0 Å². The second-order valence-corrected chi connectivity index (χ2v) is 5.50. The minimum Gasteiger partial charge on any atom is -0.379 e. The molecule has 0 heterocycles. The Morgan fingerprint density at radius 1 is 1.35 bits per heavy atom. The van der Waals surface area contributed by atoms with Crippen LogP contribution in [0, 0.1) is 5.41 Å². The smallest absolute Gasteiger partial charge is 0.191 e. The van der Waals surface area contributed by atoms with E-state index >= 15 is 0 Å². The maximum Gasteiger partial charge on any atom is 0.191 e. The van der Waals surface area contributed by atoms with Crippen LogP contribution >= 0.6 is 0 Å². The predicted octanol–water partition coefficient (Wildman–Crippen LogP) is 2.01. The number of hydrogen-bond donors (Lipinski definition) is 2. The largest absolute Gasteiger partial charge is 0.379 e. The molecule has 0 fully saturated rings. The summed E-state index contributed by atoms with van der Waals surface area (Å²) < 4.78 is 5.50. The summed E-state index contributed by atoms with van der Waals surface area (Å²) in [7, 11) is 3.54. The second-order valence-electron chi connectivity index (χ2n) is 5.50. The van der Waals surface area contributed by atoms with Gasteiger partial charge >= 0.3 is 0 Å². The van der Waals surface area contributed by atoms with Crippen molar-refractivity contribution in [1.82, 2.24) is 10.6 Å². The van der Waals surface area contributed by atoms with E-state index in [9.17, 15) is 0 Å². The first-order valence-electron chi connectivity index (χ1n) is 6.35. The molecule has 0 aromatic rings. The van der Waals surface area contributed by atoms with Gasteiger partial charge in [-0.3, -0.25) is 4.99 Å². The third kappa shape index (κ3) is 6.51. The van der Waals surface area contributed by atoms with Crippen LogP contribution in [-0.4, -0.2) is 38.8 Å². The van der Waals surface area contributed by atoms with Crippen LogP contribution in [0.5, 0.6) is 0 Å². The van der Waals surface area contributed by atoms with Crippen molar-refractivity contribution < 1.29 is 4.74 Å². The summed E-state index contributed by atoms with van der Waals surface area (Å²) in [6, 6.07) is 0.428. The van der Waals surface area contributed by atoms with Crippen LogP contribution in [0.15, 0.2) is 4.99 Å². The van der Waals surface area contributed by atoms with Gasteiger partial charge in [0.25, 0.3) is 0 Å². The molecule has 4 nitrogen and oxygen atoms in total. The first-order valence-corrected chi connectivity index (χ1v) is 6.35. The number of methoxy groups -OCH3 is 1. The maximum absolute atomic E-state index is 5.50. The summed E-state index contributed by atoms with van der Waals surface area (Å²) in [5.41, 5.74) is 0.122. The van der Waals surface area contributed by atoms with Crippen molar-refractivity contribution >= 4 is 5.96 Å². The van der Waals surface area contributed by atoms with Crippen LogP contribution in [-0.2, 0) is 4.74 Å². The minimum atomic E-state index is 0.122. The molecule has 0 amide bonds. The molecule has 102 valence electrons. The predicted molar refractivity (Wildman–Crippen MR) is 74.5 cm³/mol. The van der Waals surface area contributed by atoms with Gasteiger partial charge in [0.1, 0.15) is 0 Å². The number of nitrogens with one attached hydrogen (secondary N) is 2. The monoisotopic (exact) mass is 243 g/mol. The third-order valence-electron chi connectivity index (χ3n) is 2.92. The zero-order valence-corrected chi connectivity index (χ0v) is 12.4. The molecule has 0 aromatic heterocycles. The number of aliphatic imine (C=N–C) groups is 1. The molecule has 0 saturated heterocycles. The maximum atomic E-state index is 5.50. The number of nitrogens with zero attached hydrogens (tertiary/aromatic N) is 1. The van der Waals surface area contributed by atoms with E-state index < -0.39 is 0 Å². The van der Waals surface area contributed by atoms with Gasteiger partial charge in [-0.1, -0.05) is 27.7 Å². The fourth-order valence-electron chi connectivity index (χ4n) is 1.46. The average Bonchev–Trinajstić information content (AvgIpc) is 2.26. The van der Waals surface area contributed by atoms with Gasteiger partial charge in [-0.05, 0) is 18.8 Å². The molecule has 0 rings (SSSR count). The highest BCUT2D eigenvalue weighted by atomic mass is 16.5. The van der Waals surface area contributed by atoms with Crippen molar-refractivity contribution in [2.45, 2.75) is 53.2 Å². The van der Waals surface area contributed by atoms with E-state index in [0.717, 1.165) is 18.9 Å². The van der Waals surface area contributed by atoms with E-state index in [2.05, 4.69) is 50.2 Å².